The molecule has 1 aromatic carbocycles. The average Bonchev–Trinajstić information content (AvgIpc) is 2.82. The molecule has 0 radical (unpaired) electrons. The van der Waals surface area contributed by atoms with Crippen LogP contribution in [0.1, 0.15) is 17.0 Å². The SMILES string of the molecule is Cc1cc(/C=N\N2CC[NH+](C)CC2)c(C)n1-c1ccc(Cl)cc1. The Bertz CT molecular complexity index is 695. The molecule has 0 bridgehead atoms. The fourth-order valence-corrected chi connectivity index (χ4v) is 3.17. The third-order valence-corrected chi connectivity index (χ3v) is 4.76. The number of nitrogens with zero attached hydrogens (tertiary/aromatic N) is 3. The number of aryl methyl sites for hydroxylation is 1. The van der Waals surface area contributed by atoms with Crippen LogP contribution in [0, 0.1) is 13.8 Å². The normalized spacial score (nSPS) is 16.4. The molecule has 0 spiro atoms. The lowest BCUT2D eigenvalue weighted by atomic mass is 10.2. The molecule has 0 atom stereocenters. The van der Waals surface area contributed by atoms with E-state index in [1.807, 2.05) is 30.5 Å². The van der Waals surface area contributed by atoms with Gasteiger partial charge in [0.25, 0.3) is 0 Å². The molecule has 3 rings (SSSR count). The monoisotopic (exact) mass is 331 g/mol. The van der Waals surface area contributed by atoms with Crippen molar-refractivity contribution in [1.82, 2.24) is 9.58 Å². The number of quaternary nitrogens is 1. The predicted molar refractivity (Wildman–Crippen MR) is 96.0 cm³/mol. The van der Waals surface area contributed by atoms with Crippen molar-refractivity contribution in [3.63, 3.8) is 0 Å². The van der Waals surface area contributed by atoms with Crippen molar-refractivity contribution in [3.05, 3.63) is 52.3 Å². The molecule has 23 heavy (non-hydrogen) atoms. The molecule has 122 valence electrons. The molecule has 2 heterocycles. The lowest BCUT2D eigenvalue weighted by molar-refractivity contribution is -0.884. The molecule has 4 nitrogen and oxygen atoms in total. The van der Waals surface area contributed by atoms with Gasteiger partial charge in [0.05, 0.1) is 39.4 Å². The second kappa shape index (κ2) is 6.77. The Hall–Kier alpha value is -1.78. The number of rotatable bonds is 3. The van der Waals surface area contributed by atoms with Gasteiger partial charge in [-0.2, -0.15) is 5.10 Å². The fraction of sp³-hybridized carbons (Fsp3) is 0.389. The van der Waals surface area contributed by atoms with Gasteiger partial charge in [0.1, 0.15) is 0 Å². The van der Waals surface area contributed by atoms with Crippen molar-refractivity contribution in [2.45, 2.75) is 13.8 Å². The maximum atomic E-state index is 5.99. The van der Waals surface area contributed by atoms with Crippen LogP contribution in [0.2, 0.25) is 5.02 Å². The Morgan fingerprint density at radius 2 is 1.78 bits per heavy atom. The molecule has 5 heteroatoms. The lowest BCUT2D eigenvalue weighted by Gasteiger charge is -2.27. The van der Waals surface area contributed by atoms with Crippen molar-refractivity contribution in [2.24, 2.45) is 5.10 Å². The van der Waals surface area contributed by atoms with Crippen LogP contribution < -0.4 is 4.90 Å². The summed E-state index contributed by atoms with van der Waals surface area (Å²) in [5.74, 6) is 0. The third kappa shape index (κ3) is 3.59. The average molecular weight is 332 g/mol. The highest BCUT2D eigenvalue weighted by atomic mass is 35.5. The number of nitrogens with one attached hydrogen (secondary N) is 1. The zero-order chi connectivity index (χ0) is 16.4. The summed E-state index contributed by atoms with van der Waals surface area (Å²) in [6.45, 7) is 8.62. The summed E-state index contributed by atoms with van der Waals surface area (Å²) in [5.41, 5.74) is 4.71. The Morgan fingerprint density at radius 1 is 1.13 bits per heavy atom. The van der Waals surface area contributed by atoms with Crippen molar-refractivity contribution in [2.75, 3.05) is 33.2 Å². The van der Waals surface area contributed by atoms with Gasteiger partial charge in [-0.3, -0.25) is 5.01 Å². The molecular formula is C18H24ClN4+. The quantitative estimate of drug-likeness (QED) is 0.854. The highest BCUT2D eigenvalue weighted by Gasteiger charge is 2.15. The van der Waals surface area contributed by atoms with E-state index in [2.05, 4.69) is 41.6 Å². The Balaban J connectivity index is 1.82. The van der Waals surface area contributed by atoms with Gasteiger partial charge >= 0.3 is 0 Å². The van der Waals surface area contributed by atoms with E-state index in [9.17, 15) is 0 Å². The van der Waals surface area contributed by atoms with E-state index < -0.39 is 0 Å². The summed E-state index contributed by atoms with van der Waals surface area (Å²) in [6, 6.07) is 10.1. The molecule has 0 aliphatic carbocycles. The number of halogens is 1. The first kappa shape index (κ1) is 16.1. The van der Waals surface area contributed by atoms with Crippen LogP contribution in [-0.4, -0.2) is 49.0 Å². The van der Waals surface area contributed by atoms with Gasteiger partial charge in [0.2, 0.25) is 0 Å². The van der Waals surface area contributed by atoms with E-state index in [0.29, 0.717) is 0 Å². The van der Waals surface area contributed by atoms with Gasteiger partial charge in [0, 0.05) is 27.7 Å². The van der Waals surface area contributed by atoms with E-state index in [-0.39, 0.29) is 0 Å². The lowest BCUT2D eigenvalue weighted by Crippen LogP contribution is -3.11. The van der Waals surface area contributed by atoms with E-state index in [4.69, 9.17) is 11.6 Å². The summed E-state index contributed by atoms with van der Waals surface area (Å²) >= 11 is 5.99. The van der Waals surface area contributed by atoms with Crippen LogP contribution in [0.5, 0.6) is 0 Å². The number of likely N-dealkylation sites (N-methyl/N-ethyl adjacent to an activating group) is 1. The van der Waals surface area contributed by atoms with E-state index in [1.165, 1.54) is 17.0 Å². The van der Waals surface area contributed by atoms with Gasteiger partial charge < -0.3 is 9.47 Å². The summed E-state index contributed by atoms with van der Waals surface area (Å²) in [4.78, 5) is 1.58. The third-order valence-electron chi connectivity index (χ3n) is 4.51. The molecule has 1 aromatic heterocycles. The summed E-state index contributed by atoms with van der Waals surface area (Å²) in [7, 11) is 2.24. The number of hydrazone groups is 1. The summed E-state index contributed by atoms with van der Waals surface area (Å²) in [5, 5.41) is 7.60. The van der Waals surface area contributed by atoms with Gasteiger partial charge in [-0.15, -0.1) is 0 Å². The molecule has 0 unspecified atom stereocenters. The fourth-order valence-electron chi connectivity index (χ4n) is 3.04. The molecular weight excluding hydrogens is 308 g/mol. The second-order valence-corrected chi connectivity index (χ2v) is 6.73. The molecule has 1 fully saturated rings. The van der Waals surface area contributed by atoms with Crippen molar-refractivity contribution in [1.29, 1.82) is 0 Å². The van der Waals surface area contributed by atoms with Gasteiger partial charge in [-0.05, 0) is 44.2 Å². The van der Waals surface area contributed by atoms with Crippen LogP contribution in [0.15, 0.2) is 35.4 Å². The van der Waals surface area contributed by atoms with Crippen LogP contribution in [0.25, 0.3) is 5.69 Å². The first-order valence-electron chi connectivity index (χ1n) is 8.09. The van der Waals surface area contributed by atoms with E-state index >= 15 is 0 Å². The topological polar surface area (TPSA) is 25.0 Å². The number of aromatic nitrogens is 1. The Kier molecular flexibility index (Phi) is 4.74. The van der Waals surface area contributed by atoms with Crippen molar-refractivity contribution in [3.8, 4) is 5.69 Å². The van der Waals surface area contributed by atoms with Crippen molar-refractivity contribution >= 4 is 17.8 Å². The molecule has 0 saturated carbocycles. The van der Waals surface area contributed by atoms with E-state index in [0.717, 1.165) is 36.9 Å². The largest absolute Gasteiger partial charge is 0.334 e. The Morgan fingerprint density at radius 3 is 2.43 bits per heavy atom. The molecule has 1 aliphatic rings. The van der Waals surface area contributed by atoms with Gasteiger partial charge in [0.15, 0.2) is 0 Å². The zero-order valence-electron chi connectivity index (χ0n) is 14.0. The molecule has 1 aliphatic heterocycles. The molecule has 1 saturated heterocycles. The summed E-state index contributed by atoms with van der Waals surface area (Å²) < 4.78 is 2.24. The number of benzene rings is 1. The number of piperazine rings is 1. The van der Waals surface area contributed by atoms with Gasteiger partial charge in [-0.25, -0.2) is 0 Å². The number of hydrogen-bond acceptors (Lipinski definition) is 2. The van der Waals surface area contributed by atoms with Crippen LogP contribution in [-0.2, 0) is 0 Å². The van der Waals surface area contributed by atoms with Gasteiger partial charge in [-0.1, -0.05) is 11.6 Å². The summed E-state index contributed by atoms with van der Waals surface area (Å²) in [6.07, 6.45) is 2.00. The standard InChI is InChI=1S/C18H23ClN4/c1-14-12-16(13-20-22-10-8-21(3)9-11-22)15(2)23(14)18-6-4-17(19)5-7-18/h4-7,12-13H,8-11H2,1-3H3/p+1/b20-13-. The minimum atomic E-state index is 0.759. The maximum absolute atomic E-state index is 5.99. The molecule has 1 N–H and O–H groups in total. The highest BCUT2D eigenvalue weighted by Crippen LogP contribution is 2.21. The van der Waals surface area contributed by atoms with E-state index in [1.54, 1.807) is 4.90 Å². The Labute approximate surface area is 143 Å². The van der Waals surface area contributed by atoms with Crippen LogP contribution in [0.4, 0.5) is 0 Å². The predicted octanol–water partition coefficient (Wildman–Crippen LogP) is 1.91. The highest BCUT2D eigenvalue weighted by molar-refractivity contribution is 6.30. The molecule has 2 aromatic rings. The minimum Gasteiger partial charge on any atom is -0.334 e. The number of hydrogen-bond donors (Lipinski definition) is 1. The maximum Gasteiger partial charge on any atom is 0.0964 e. The van der Waals surface area contributed by atoms with Crippen LogP contribution in [0.3, 0.4) is 0 Å². The first-order valence-corrected chi connectivity index (χ1v) is 8.47. The van der Waals surface area contributed by atoms with Crippen molar-refractivity contribution < 1.29 is 4.90 Å². The first-order chi connectivity index (χ1) is 11.0. The molecule has 0 amide bonds. The van der Waals surface area contributed by atoms with Crippen LogP contribution >= 0.6 is 11.6 Å². The zero-order valence-corrected chi connectivity index (χ0v) is 14.8. The smallest absolute Gasteiger partial charge is 0.0964 e. The minimum absolute atomic E-state index is 0.759. The second-order valence-electron chi connectivity index (χ2n) is 6.29.